The van der Waals surface area contributed by atoms with Crippen molar-refractivity contribution in [2.45, 2.75) is 40.3 Å². The summed E-state index contributed by atoms with van der Waals surface area (Å²) in [6, 6.07) is 6.63. The minimum absolute atomic E-state index is 0.0869. The average Bonchev–Trinajstić information content (AvgIpc) is 2.88. The number of thiazole rings is 1. The number of benzene rings is 1. The summed E-state index contributed by atoms with van der Waals surface area (Å²) in [4.78, 5) is 17.7. The smallest absolute Gasteiger partial charge is 0.275 e. The van der Waals surface area contributed by atoms with Crippen LogP contribution in [0, 0.1) is 13.8 Å². The molecule has 2 N–H and O–H groups in total. The van der Waals surface area contributed by atoms with E-state index < -0.39 is 0 Å². The number of aromatic nitrogens is 1. The van der Waals surface area contributed by atoms with Crippen molar-refractivity contribution in [3.05, 3.63) is 39.7 Å². The molecular weight excluding hydrogens is 306 g/mol. The third-order valence-electron chi connectivity index (χ3n) is 3.59. The molecule has 23 heavy (non-hydrogen) atoms. The number of rotatable bonds is 6. The van der Waals surface area contributed by atoms with Crippen molar-refractivity contribution in [1.29, 1.82) is 0 Å². The zero-order chi connectivity index (χ0) is 17.0. The van der Waals surface area contributed by atoms with Gasteiger partial charge in [0.05, 0.1) is 12.7 Å². The van der Waals surface area contributed by atoms with Gasteiger partial charge in [-0.05, 0) is 39.3 Å². The van der Waals surface area contributed by atoms with Gasteiger partial charge in [-0.25, -0.2) is 4.98 Å². The molecule has 4 nitrogen and oxygen atoms in total. The van der Waals surface area contributed by atoms with Crippen molar-refractivity contribution < 1.29 is 9.69 Å². The van der Waals surface area contributed by atoms with Gasteiger partial charge < -0.3 is 10.2 Å². The van der Waals surface area contributed by atoms with Crippen LogP contribution in [-0.2, 0) is 11.3 Å². The number of carbonyl (C=O) groups is 1. The van der Waals surface area contributed by atoms with E-state index in [4.69, 9.17) is 4.98 Å². The molecule has 0 aliphatic rings. The third kappa shape index (κ3) is 5.15. The predicted octanol–water partition coefficient (Wildman–Crippen LogP) is 1.97. The molecule has 0 saturated carbocycles. The van der Waals surface area contributed by atoms with Crippen molar-refractivity contribution in [1.82, 2.24) is 10.3 Å². The summed E-state index contributed by atoms with van der Waals surface area (Å²) in [7, 11) is 2.03. The van der Waals surface area contributed by atoms with Crippen LogP contribution in [0.3, 0.4) is 0 Å². The van der Waals surface area contributed by atoms with Crippen LogP contribution in [0.5, 0.6) is 0 Å². The van der Waals surface area contributed by atoms with Crippen molar-refractivity contribution in [3.8, 4) is 11.3 Å². The molecule has 2 rings (SSSR count). The van der Waals surface area contributed by atoms with Crippen molar-refractivity contribution in [2.24, 2.45) is 0 Å². The summed E-state index contributed by atoms with van der Waals surface area (Å²) >= 11 is 1.66. The van der Waals surface area contributed by atoms with Gasteiger partial charge in [0.25, 0.3) is 5.91 Å². The minimum atomic E-state index is 0.0869. The monoisotopic (exact) mass is 332 g/mol. The maximum absolute atomic E-state index is 11.8. The molecule has 124 valence electrons. The molecule has 0 bridgehead atoms. The lowest BCUT2D eigenvalue weighted by molar-refractivity contribution is -0.885. The van der Waals surface area contributed by atoms with E-state index in [1.54, 1.807) is 11.3 Å². The highest BCUT2D eigenvalue weighted by Gasteiger charge is 2.14. The Morgan fingerprint density at radius 1 is 1.35 bits per heavy atom. The highest BCUT2D eigenvalue weighted by Crippen LogP contribution is 2.25. The number of hydrogen-bond acceptors (Lipinski definition) is 3. The molecule has 1 heterocycles. The van der Waals surface area contributed by atoms with Crippen LogP contribution >= 0.6 is 11.3 Å². The second kappa shape index (κ2) is 7.70. The number of hydrogen-bond donors (Lipinski definition) is 2. The maximum Gasteiger partial charge on any atom is 0.275 e. The van der Waals surface area contributed by atoms with Gasteiger partial charge in [0.2, 0.25) is 0 Å². The largest absolute Gasteiger partial charge is 0.349 e. The van der Waals surface area contributed by atoms with Crippen molar-refractivity contribution in [3.63, 3.8) is 0 Å². The average molecular weight is 332 g/mol. The maximum atomic E-state index is 11.8. The normalized spacial score (nSPS) is 12.4. The molecule has 2 aromatic rings. The number of nitrogens with zero attached hydrogens (tertiary/aromatic N) is 1. The van der Waals surface area contributed by atoms with Crippen LogP contribution < -0.4 is 10.2 Å². The molecule has 5 heteroatoms. The molecule has 1 aromatic carbocycles. The van der Waals surface area contributed by atoms with Gasteiger partial charge in [-0.3, -0.25) is 4.79 Å². The SMILES string of the molecule is Cc1ccc(C)c(-c2csc(C[NH+](C)CC(=O)NC(C)C)n2)c1. The van der Waals surface area contributed by atoms with Crippen molar-refractivity contribution in [2.75, 3.05) is 13.6 Å². The number of nitrogens with one attached hydrogen (secondary N) is 2. The zero-order valence-electron chi connectivity index (χ0n) is 14.6. The molecule has 1 aromatic heterocycles. The van der Waals surface area contributed by atoms with Crippen LogP contribution in [0.4, 0.5) is 0 Å². The van der Waals surface area contributed by atoms with E-state index >= 15 is 0 Å². The molecule has 1 amide bonds. The van der Waals surface area contributed by atoms with E-state index in [1.807, 2.05) is 20.9 Å². The lowest BCUT2D eigenvalue weighted by Gasteiger charge is -2.13. The summed E-state index contributed by atoms with van der Waals surface area (Å²) in [5, 5.41) is 6.10. The van der Waals surface area contributed by atoms with E-state index in [1.165, 1.54) is 16.7 Å². The van der Waals surface area contributed by atoms with Gasteiger partial charge in [-0.15, -0.1) is 11.3 Å². The highest BCUT2D eigenvalue weighted by atomic mass is 32.1. The Hall–Kier alpha value is -1.72. The fourth-order valence-electron chi connectivity index (χ4n) is 2.50. The fourth-order valence-corrected chi connectivity index (χ4v) is 3.40. The number of carbonyl (C=O) groups excluding carboxylic acids is 1. The lowest BCUT2D eigenvalue weighted by atomic mass is 10.0. The Balaban J connectivity index is 2.02. The number of aryl methyl sites for hydroxylation is 2. The molecule has 1 atom stereocenters. The Morgan fingerprint density at radius 2 is 2.09 bits per heavy atom. The Labute approximate surface area is 142 Å². The first-order valence-electron chi connectivity index (χ1n) is 7.98. The minimum Gasteiger partial charge on any atom is -0.349 e. The number of likely N-dealkylation sites (N-methyl/N-ethyl adjacent to an activating group) is 1. The second-order valence-electron chi connectivity index (χ2n) is 6.48. The van der Waals surface area contributed by atoms with Crippen LogP contribution in [0.25, 0.3) is 11.3 Å². The first-order valence-corrected chi connectivity index (χ1v) is 8.86. The highest BCUT2D eigenvalue weighted by molar-refractivity contribution is 7.09. The summed E-state index contributed by atoms with van der Waals surface area (Å²) in [6.07, 6.45) is 0. The van der Waals surface area contributed by atoms with Gasteiger partial charge in [-0.2, -0.15) is 0 Å². The number of quaternary nitrogens is 1. The molecule has 0 fully saturated rings. The molecule has 0 radical (unpaired) electrons. The van der Waals surface area contributed by atoms with Gasteiger partial charge in [0.1, 0.15) is 11.6 Å². The van der Waals surface area contributed by atoms with Crippen LogP contribution in [0.1, 0.15) is 30.0 Å². The Bertz CT molecular complexity index is 679. The molecule has 0 saturated heterocycles. The van der Waals surface area contributed by atoms with E-state index in [2.05, 4.69) is 42.7 Å². The lowest BCUT2D eigenvalue weighted by Crippen LogP contribution is -3.09. The van der Waals surface area contributed by atoms with Crippen LogP contribution in [-0.4, -0.2) is 30.5 Å². The summed E-state index contributed by atoms with van der Waals surface area (Å²) < 4.78 is 0. The predicted molar refractivity (Wildman–Crippen MR) is 95.8 cm³/mol. The number of amides is 1. The van der Waals surface area contributed by atoms with Crippen LogP contribution in [0.15, 0.2) is 23.6 Å². The van der Waals surface area contributed by atoms with Gasteiger partial charge in [0.15, 0.2) is 6.54 Å². The zero-order valence-corrected chi connectivity index (χ0v) is 15.4. The van der Waals surface area contributed by atoms with E-state index in [0.717, 1.165) is 22.1 Å². The quantitative estimate of drug-likeness (QED) is 0.849. The summed E-state index contributed by atoms with van der Waals surface area (Å²) in [6.45, 7) is 9.40. The Morgan fingerprint density at radius 3 is 2.78 bits per heavy atom. The van der Waals surface area contributed by atoms with Gasteiger partial charge in [-0.1, -0.05) is 17.7 Å². The molecule has 0 aliphatic heterocycles. The first-order chi connectivity index (χ1) is 10.8. The van der Waals surface area contributed by atoms with E-state index in [9.17, 15) is 4.79 Å². The van der Waals surface area contributed by atoms with Crippen molar-refractivity contribution >= 4 is 17.2 Å². The standard InChI is InChI=1S/C18H25N3OS/c1-12(2)19-17(22)9-21(5)10-18-20-16(11-23-18)15-8-13(3)6-7-14(15)4/h6-8,11-12H,9-10H2,1-5H3,(H,19,22)/p+1. The van der Waals surface area contributed by atoms with Crippen LogP contribution in [0.2, 0.25) is 0 Å². The molecule has 0 spiro atoms. The molecule has 1 unspecified atom stereocenters. The summed E-state index contributed by atoms with van der Waals surface area (Å²) in [5.41, 5.74) is 4.71. The second-order valence-corrected chi connectivity index (χ2v) is 7.42. The molecule has 0 aliphatic carbocycles. The Kier molecular flexibility index (Phi) is 5.91. The summed E-state index contributed by atoms with van der Waals surface area (Å²) in [5.74, 6) is 0.0869. The van der Waals surface area contributed by atoms with Gasteiger partial charge >= 0.3 is 0 Å². The molecular formula is C18H26N3OS+. The fraction of sp³-hybridized carbons (Fsp3) is 0.444. The van der Waals surface area contributed by atoms with E-state index in [-0.39, 0.29) is 11.9 Å². The van der Waals surface area contributed by atoms with Gasteiger partial charge in [0, 0.05) is 17.0 Å². The first kappa shape index (κ1) is 17.6. The van der Waals surface area contributed by atoms with E-state index in [0.29, 0.717) is 6.54 Å². The third-order valence-corrected chi connectivity index (χ3v) is 4.43. The topological polar surface area (TPSA) is 46.4 Å².